The van der Waals surface area contributed by atoms with E-state index < -0.39 is 0 Å². The zero-order chi connectivity index (χ0) is 23.4. The minimum Gasteiger partial charge on any atom is -0.379 e. The van der Waals surface area contributed by atoms with Gasteiger partial charge < -0.3 is 30.3 Å². The molecule has 30 heavy (non-hydrogen) atoms. The predicted octanol–water partition coefficient (Wildman–Crippen LogP) is 3.22. The van der Waals surface area contributed by atoms with Crippen molar-refractivity contribution in [3.8, 4) is 0 Å². The maximum atomic E-state index is 5.48. The molecule has 3 unspecified atom stereocenters. The minimum atomic E-state index is 0.443. The lowest BCUT2D eigenvalue weighted by Crippen LogP contribution is -2.47. The van der Waals surface area contributed by atoms with E-state index in [1.807, 2.05) is 27.7 Å². The standard InChI is InChI=1S/2C7H15NO.C6H14N2.2C2H6/c1-6(2)7-5-9-4-3-8-7;1-6(2)7-5-8-3-4-9-7;1-6-5-7-3-4-8(6)2;2*1-2/h2*6-8H,3-5H2,1-2H3;6-7H,3-5H2,1-2H3;2*1-2H3. The van der Waals surface area contributed by atoms with Gasteiger partial charge in [0.1, 0.15) is 0 Å². The van der Waals surface area contributed by atoms with Crippen LogP contribution in [0, 0.1) is 11.8 Å². The Balaban J connectivity index is 0. The van der Waals surface area contributed by atoms with Gasteiger partial charge in [-0.25, -0.2) is 0 Å². The number of piperazine rings is 1. The van der Waals surface area contributed by atoms with Crippen LogP contribution in [0.15, 0.2) is 0 Å². The summed E-state index contributed by atoms with van der Waals surface area (Å²) >= 11 is 0. The van der Waals surface area contributed by atoms with Crippen molar-refractivity contribution in [1.29, 1.82) is 0 Å². The molecule has 184 valence electrons. The predicted molar refractivity (Wildman–Crippen MR) is 133 cm³/mol. The molecule has 0 aromatic heterocycles. The molecule has 0 saturated carbocycles. The Morgan fingerprint density at radius 2 is 1.47 bits per heavy atom. The first-order valence-electron chi connectivity index (χ1n) is 12.5. The lowest BCUT2D eigenvalue weighted by Gasteiger charge is -2.29. The Hall–Kier alpha value is -0.240. The fourth-order valence-corrected chi connectivity index (χ4v) is 2.97. The zero-order valence-corrected chi connectivity index (χ0v) is 22.0. The van der Waals surface area contributed by atoms with Crippen molar-refractivity contribution in [2.45, 2.75) is 80.5 Å². The molecule has 3 heterocycles. The summed E-state index contributed by atoms with van der Waals surface area (Å²) < 4.78 is 10.8. The Kier molecular flexibility index (Phi) is 23.4. The summed E-state index contributed by atoms with van der Waals surface area (Å²) in [5.74, 6) is 1.35. The summed E-state index contributed by atoms with van der Waals surface area (Å²) in [7, 11) is 2.17. The van der Waals surface area contributed by atoms with Crippen LogP contribution in [0.1, 0.15) is 62.3 Å². The number of ether oxygens (including phenoxy) is 2. The number of likely N-dealkylation sites (N-methyl/N-ethyl adjacent to an activating group) is 1. The van der Waals surface area contributed by atoms with Crippen molar-refractivity contribution < 1.29 is 9.47 Å². The van der Waals surface area contributed by atoms with Gasteiger partial charge in [-0.15, -0.1) is 0 Å². The van der Waals surface area contributed by atoms with Crippen LogP contribution in [0.4, 0.5) is 0 Å². The fraction of sp³-hybridized carbons (Fsp3) is 1.00. The smallest absolute Gasteiger partial charge is 0.0722 e. The van der Waals surface area contributed by atoms with Crippen molar-refractivity contribution >= 4 is 0 Å². The average molecular weight is 433 g/mol. The highest BCUT2D eigenvalue weighted by Gasteiger charge is 2.16. The molecule has 0 spiro atoms. The molecule has 3 aliphatic rings. The van der Waals surface area contributed by atoms with E-state index >= 15 is 0 Å². The molecule has 3 saturated heterocycles. The maximum Gasteiger partial charge on any atom is 0.0722 e. The van der Waals surface area contributed by atoms with E-state index in [1.54, 1.807) is 0 Å². The number of hydrogen-bond acceptors (Lipinski definition) is 6. The third-order valence-electron chi connectivity index (χ3n) is 5.29. The van der Waals surface area contributed by atoms with Crippen molar-refractivity contribution in [3.05, 3.63) is 0 Å². The van der Waals surface area contributed by atoms with E-state index in [1.165, 1.54) is 6.54 Å². The molecular formula is C24H56N4O2. The van der Waals surface area contributed by atoms with Crippen LogP contribution >= 0.6 is 0 Å². The lowest BCUT2D eigenvalue weighted by molar-refractivity contribution is 0.000507. The molecule has 3 aliphatic heterocycles. The summed E-state index contributed by atoms with van der Waals surface area (Å²) in [5, 5.41) is 10.0. The SMILES string of the molecule is CC.CC.CC(C)C1CNCCO1.CC(C)C1COCCN1.CC1CNCCN1C. The largest absolute Gasteiger partial charge is 0.379 e. The molecular weight excluding hydrogens is 376 g/mol. The average Bonchev–Trinajstić information content (AvgIpc) is 2.80. The fourth-order valence-electron chi connectivity index (χ4n) is 2.97. The molecule has 3 fully saturated rings. The van der Waals surface area contributed by atoms with Crippen LogP contribution in [0.3, 0.4) is 0 Å². The summed E-state index contributed by atoms with van der Waals surface area (Å²) in [4.78, 5) is 2.37. The van der Waals surface area contributed by atoms with E-state index in [9.17, 15) is 0 Å². The Morgan fingerprint density at radius 3 is 1.77 bits per heavy atom. The first kappa shape index (κ1) is 31.9. The zero-order valence-electron chi connectivity index (χ0n) is 22.0. The highest BCUT2D eigenvalue weighted by atomic mass is 16.5. The van der Waals surface area contributed by atoms with Gasteiger partial charge in [0.05, 0.1) is 25.9 Å². The molecule has 0 bridgehead atoms. The van der Waals surface area contributed by atoms with E-state index in [0.717, 1.165) is 58.6 Å². The normalized spacial score (nSPS) is 26.6. The van der Waals surface area contributed by atoms with E-state index in [2.05, 4.69) is 62.5 Å². The lowest BCUT2D eigenvalue weighted by atomic mass is 10.1. The van der Waals surface area contributed by atoms with E-state index in [-0.39, 0.29) is 0 Å². The second-order valence-electron chi connectivity index (χ2n) is 8.27. The maximum absolute atomic E-state index is 5.48. The Bertz CT molecular complexity index is 299. The van der Waals surface area contributed by atoms with Crippen molar-refractivity contribution in [3.63, 3.8) is 0 Å². The summed E-state index contributed by atoms with van der Waals surface area (Å²) in [6, 6.07) is 1.31. The van der Waals surface area contributed by atoms with Crippen LogP contribution in [-0.2, 0) is 9.47 Å². The van der Waals surface area contributed by atoms with Gasteiger partial charge in [-0.1, -0.05) is 55.4 Å². The van der Waals surface area contributed by atoms with Crippen LogP contribution < -0.4 is 16.0 Å². The number of morpholine rings is 2. The first-order valence-corrected chi connectivity index (χ1v) is 12.5. The molecule has 0 aromatic carbocycles. The topological polar surface area (TPSA) is 57.8 Å². The van der Waals surface area contributed by atoms with Crippen LogP contribution in [0.2, 0.25) is 0 Å². The number of nitrogens with zero attached hydrogens (tertiary/aromatic N) is 1. The third-order valence-corrected chi connectivity index (χ3v) is 5.29. The minimum absolute atomic E-state index is 0.443. The van der Waals surface area contributed by atoms with Crippen molar-refractivity contribution in [1.82, 2.24) is 20.9 Å². The summed E-state index contributed by atoms with van der Waals surface area (Å²) in [6.45, 7) is 28.3. The molecule has 0 radical (unpaired) electrons. The van der Waals surface area contributed by atoms with Crippen LogP contribution in [0.5, 0.6) is 0 Å². The van der Waals surface area contributed by atoms with Crippen LogP contribution in [0.25, 0.3) is 0 Å². The first-order chi connectivity index (χ1) is 14.4. The monoisotopic (exact) mass is 432 g/mol. The van der Waals surface area contributed by atoms with Gasteiger partial charge >= 0.3 is 0 Å². The highest BCUT2D eigenvalue weighted by Crippen LogP contribution is 2.07. The third kappa shape index (κ3) is 16.5. The van der Waals surface area contributed by atoms with Gasteiger partial charge in [-0.05, 0) is 25.8 Å². The summed E-state index contributed by atoms with van der Waals surface area (Å²) in [6.07, 6.45) is 0.443. The van der Waals surface area contributed by atoms with Gasteiger partial charge in [0, 0.05) is 51.4 Å². The number of hydrogen-bond donors (Lipinski definition) is 3. The molecule has 3 atom stereocenters. The molecule has 3 rings (SSSR count). The van der Waals surface area contributed by atoms with Gasteiger partial charge in [-0.2, -0.15) is 0 Å². The number of rotatable bonds is 2. The molecule has 0 amide bonds. The molecule has 6 nitrogen and oxygen atoms in total. The van der Waals surface area contributed by atoms with E-state index in [4.69, 9.17) is 9.47 Å². The highest BCUT2D eigenvalue weighted by molar-refractivity contribution is 4.73. The Morgan fingerprint density at radius 1 is 0.833 bits per heavy atom. The van der Waals surface area contributed by atoms with Gasteiger partial charge in [0.2, 0.25) is 0 Å². The van der Waals surface area contributed by atoms with Gasteiger partial charge in [0.25, 0.3) is 0 Å². The van der Waals surface area contributed by atoms with Crippen molar-refractivity contribution in [2.75, 3.05) is 66.1 Å². The molecule has 0 aliphatic carbocycles. The van der Waals surface area contributed by atoms with Gasteiger partial charge in [-0.3, -0.25) is 0 Å². The van der Waals surface area contributed by atoms with E-state index in [0.29, 0.717) is 24.0 Å². The molecule has 6 heteroatoms. The quantitative estimate of drug-likeness (QED) is 0.623. The molecule has 3 N–H and O–H groups in total. The second kappa shape index (κ2) is 22.0. The van der Waals surface area contributed by atoms with Crippen molar-refractivity contribution in [2.24, 2.45) is 11.8 Å². The second-order valence-corrected chi connectivity index (χ2v) is 8.27. The van der Waals surface area contributed by atoms with Crippen LogP contribution in [-0.4, -0.2) is 89.2 Å². The molecule has 0 aromatic rings. The van der Waals surface area contributed by atoms with Gasteiger partial charge in [0.15, 0.2) is 0 Å². The number of nitrogens with one attached hydrogen (secondary N) is 3. The summed E-state index contributed by atoms with van der Waals surface area (Å²) in [5.41, 5.74) is 0. The Labute approximate surface area is 189 Å².